The fourth-order valence-corrected chi connectivity index (χ4v) is 3.07. The zero-order valence-electron chi connectivity index (χ0n) is 16.0. The summed E-state index contributed by atoms with van der Waals surface area (Å²) in [7, 11) is 4.05. The van der Waals surface area contributed by atoms with Crippen LogP contribution in [-0.4, -0.2) is 31.4 Å². The zero-order chi connectivity index (χ0) is 18.4. The van der Waals surface area contributed by atoms with Crippen molar-refractivity contribution in [3.8, 4) is 0 Å². The van der Waals surface area contributed by atoms with E-state index in [1.807, 2.05) is 31.1 Å². The highest BCUT2D eigenvalue weighted by Crippen LogP contribution is 2.28. The number of carbonyl (C=O) groups is 1. The highest BCUT2D eigenvalue weighted by molar-refractivity contribution is 5.73. The summed E-state index contributed by atoms with van der Waals surface area (Å²) in [4.78, 5) is 16.1. The molecule has 4 nitrogen and oxygen atoms in total. The van der Waals surface area contributed by atoms with Crippen LogP contribution in [0.1, 0.15) is 44.4 Å². The Kier molecular flexibility index (Phi) is 6.68. The summed E-state index contributed by atoms with van der Waals surface area (Å²) in [6.45, 7) is 7.42. The molecule has 0 fully saturated rings. The third-order valence-electron chi connectivity index (χ3n) is 4.69. The standard InChI is InChI=1S/C21H30N2O2/c1-16(2)20(21-7-6-14-25-21)12-13-23(17(3)24)15-18-8-10-19(11-9-18)22(4)5/h6-11,14,16,20H,12-13,15H2,1-5H3. The second-order valence-electron chi connectivity index (χ2n) is 7.16. The van der Waals surface area contributed by atoms with Gasteiger partial charge in [0, 0.05) is 45.7 Å². The first kappa shape index (κ1) is 19.1. The first-order valence-electron chi connectivity index (χ1n) is 8.93. The van der Waals surface area contributed by atoms with Gasteiger partial charge in [-0.3, -0.25) is 4.79 Å². The molecule has 1 heterocycles. The van der Waals surface area contributed by atoms with Gasteiger partial charge in [-0.1, -0.05) is 26.0 Å². The summed E-state index contributed by atoms with van der Waals surface area (Å²) in [5.74, 6) is 1.92. The molecule has 0 aliphatic rings. The second-order valence-corrected chi connectivity index (χ2v) is 7.16. The molecular weight excluding hydrogens is 312 g/mol. The highest BCUT2D eigenvalue weighted by Gasteiger charge is 2.20. The maximum Gasteiger partial charge on any atom is 0.219 e. The summed E-state index contributed by atoms with van der Waals surface area (Å²) in [6, 6.07) is 12.3. The Morgan fingerprint density at radius 1 is 1.12 bits per heavy atom. The molecule has 1 amide bonds. The van der Waals surface area contributed by atoms with Crippen LogP contribution in [0.15, 0.2) is 47.1 Å². The Morgan fingerprint density at radius 2 is 1.80 bits per heavy atom. The van der Waals surface area contributed by atoms with E-state index in [0.717, 1.165) is 30.0 Å². The summed E-state index contributed by atoms with van der Waals surface area (Å²) >= 11 is 0. The van der Waals surface area contributed by atoms with Crippen molar-refractivity contribution in [2.75, 3.05) is 25.5 Å². The molecule has 1 aromatic carbocycles. The molecule has 0 aliphatic heterocycles. The van der Waals surface area contributed by atoms with Crippen LogP contribution in [0.25, 0.3) is 0 Å². The first-order chi connectivity index (χ1) is 11.9. The average Bonchev–Trinajstić information content (AvgIpc) is 3.08. The van der Waals surface area contributed by atoms with Gasteiger partial charge in [-0.2, -0.15) is 0 Å². The number of amides is 1. The van der Waals surface area contributed by atoms with Gasteiger partial charge in [-0.25, -0.2) is 0 Å². The van der Waals surface area contributed by atoms with E-state index >= 15 is 0 Å². The number of furan rings is 1. The van der Waals surface area contributed by atoms with Crippen LogP contribution in [0, 0.1) is 5.92 Å². The third-order valence-corrected chi connectivity index (χ3v) is 4.69. The number of hydrogen-bond donors (Lipinski definition) is 0. The van der Waals surface area contributed by atoms with E-state index in [-0.39, 0.29) is 5.91 Å². The Morgan fingerprint density at radius 3 is 2.28 bits per heavy atom. The van der Waals surface area contributed by atoms with Gasteiger partial charge in [-0.05, 0) is 42.2 Å². The van der Waals surface area contributed by atoms with E-state index in [0.29, 0.717) is 18.4 Å². The van der Waals surface area contributed by atoms with Gasteiger partial charge in [0.25, 0.3) is 0 Å². The minimum Gasteiger partial charge on any atom is -0.469 e. The molecular formula is C21H30N2O2. The van der Waals surface area contributed by atoms with E-state index in [1.54, 1.807) is 13.2 Å². The van der Waals surface area contributed by atoms with Crippen LogP contribution >= 0.6 is 0 Å². The summed E-state index contributed by atoms with van der Waals surface area (Å²) in [5.41, 5.74) is 2.32. The second kappa shape index (κ2) is 8.75. The van der Waals surface area contributed by atoms with Crippen molar-refractivity contribution >= 4 is 11.6 Å². The highest BCUT2D eigenvalue weighted by atomic mass is 16.3. The topological polar surface area (TPSA) is 36.7 Å². The molecule has 1 aromatic heterocycles. The molecule has 136 valence electrons. The van der Waals surface area contributed by atoms with Crippen LogP contribution in [0.2, 0.25) is 0 Å². The van der Waals surface area contributed by atoms with Crippen LogP contribution in [0.5, 0.6) is 0 Å². The summed E-state index contributed by atoms with van der Waals surface area (Å²) in [6.07, 6.45) is 2.63. The summed E-state index contributed by atoms with van der Waals surface area (Å²) in [5, 5.41) is 0. The van der Waals surface area contributed by atoms with Gasteiger partial charge in [0.2, 0.25) is 5.91 Å². The third kappa shape index (κ3) is 5.38. The van der Waals surface area contributed by atoms with Crippen molar-refractivity contribution in [3.63, 3.8) is 0 Å². The van der Waals surface area contributed by atoms with E-state index in [9.17, 15) is 4.79 Å². The molecule has 0 spiro atoms. The molecule has 25 heavy (non-hydrogen) atoms. The molecule has 4 heteroatoms. The largest absolute Gasteiger partial charge is 0.469 e. The van der Waals surface area contributed by atoms with Gasteiger partial charge < -0.3 is 14.2 Å². The lowest BCUT2D eigenvalue weighted by atomic mass is 9.90. The van der Waals surface area contributed by atoms with Crippen LogP contribution in [0.3, 0.4) is 0 Å². The van der Waals surface area contributed by atoms with Gasteiger partial charge in [0.1, 0.15) is 5.76 Å². The predicted molar refractivity (Wildman–Crippen MR) is 103 cm³/mol. The minimum absolute atomic E-state index is 0.110. The normalized spacial score (nSPS) is 12.2. The molecule has 0 bridgehead atoms. The van der Waals surface area contributed by atoms with Crippen LogP contribution in [0.4, 0.5) is 5.69 Å². The molecule has 0 saturated carbocycles. The Balaban J connectivity index is 2.01. The molecule has 1 unspecified atom stereocenters. The fraction of sp³-hybridized carbons (Fsp3) is 0.476. The van der Waals surface area contributed by atoms with E-state index in [1.165, 1.54) is 0 Å². The van der Waals surface area contributed by atoms with Gasteiger partial charge in [0.15, 0.2) is 0 Å². The van der Waals surface area contributed by atoms with E-state index in [2.05, 4.69) is 43.0 Å². The Hall–Kier alpha value is -2.23. The lowest BCUT2D eigenvalue weighted by Gasteiger charge is -2.25. The number of rotatable bonds is 8. The monoisotopic (exact) mass is 342 g/mol. The number of carbonyl (C=O) groups excluding carboxylic acids is 1. The first-order valence-corrected chi connectivity index (χ1v) is 8.93. The van der Waals surface area contributed by atoms with Crippen molar-refractivity contribution in [3.05, 3.63) is 54.0 Å². The fourth-order valence-electron chi connectivity index (χ4n) is 3.07. The van der Waals surface area contributed by atoms with Crippen molar-refractivity contribution < 1.29 is 9.21 Å². The Bertz CT molecular complexity index is 645. The zero-order valence-corrected chi connectivity index (χ0v) is 16.0. The van der Waals surface area contributed by atoms with Crippen molar-refractivity contribution in [1.82, 2.24) is 4.90 Å². The van der Waals surface area contributed by atoms with Gasteiger partial charge in [-0.15, -0.1) is 0 Å². The average molecular weight is 342 g/mol. The molecule has 1 atom stereocenters. The lowest BCUT2D eigenvalue weighted by Crippen LogP contribution is -2.30. The van der Waals surface area contributed by atoms with Gasteiger partial charge in [0.05, 0.1) is 6.26 Å². The van der Waals surface area contributed by atoms with Crippen molar-refractivity contribution in [2.45, 2.75) is 39.7 Å². The number of anilines is 1. The molecule has 0 saturated heterocycles. The van der Waals surface area contributed by atoms with E-state index < -0.39 is 0 Å². The lowest BCUT2D eigenvalue weighted by molar-refractivity contribution is -0.129. The molecule has 2 rings (SSSR count). The van der Waals surface area contributed by atoms with E-state index in [4.69, 9.17) is 4.42 Å². The predicted octanol–water partition coefficient (Wildman–Crippen LogP) is 4.52. The van der Waals surface area contributed by atoms with Crippen molar-refractivity contribution in [2.24, 2.45) is 5.92 Å². The molecule has 2 aromatic rings. The number of benzene rings is 1. The Labute approximate surface area is 151 Å². The molecule has 0 aliphatic carbocycles. The van der Waals surface area contributed by atoms with Crippen LogP contribution in [-0.2, 0) is 11.3 Å². The number of hydrogen-bond acceptors (Lipinski definition) is 3. The minimum atomic E-state index is 0.110. The number of nitrogens with zero attached hydrogens (tertiary/aromatic N) is 2. The quantitative estimate of drug-likeness (QED) is 0.707. The van der Waals surface area contributed by atoms with Crippen molar-refractivity contribution in [1.29, 1.82) is 0 Å². The smallest absolute Gasteiger partial charge is 0.219 e. The van der Waals surface area contributed by atoms with Gasteiger partial charge >= 0.3 is 0 Å². The maximum atomic E-state index is 12.1. The SMILES string of the molecule is CC(=O)N(CCC(c1ccco1)C(C)C)Cc1ccc(N(C)C)cc1. The molecule has 0 radical (unpaired) electrons. The maximum absolute atomic E-state index is 12.1. The summed E-state index contributed by atoms with van der Waals surface area (Å²) < 4.78 is 5.60. The molecule has 0 N–H and O–H groups in total. The van der Waals surface area contributed by atoms with Crippen LogP contribution < -0.4 is 4.90 Å².